The van der Waals surface area contributed by atoms with Gasteiger partial charge in [-0.05, 0) is 92.3 Å². The van der Waals surface area contributed by atoms with Crippen molar-refractivity contribution in [2.75, 3.05) is 0 Å². The summed E-state index contributed by atoms with van der Waals surface area (Å²) in [4.78, 5) is 0. The molecule has 0 bridgehead atoms. The number of aliphatic hydroxyl groups is 1. The number of nitrogens with zero attached hydrogens (tertiary/aromatic N) is 1. The molecule has 0 radical (unpaired) electrons. The van der Waals surface area contributed by atoms with Crippen LogP contribution in [-0.2, 0) is 0 Å². The Morgan fingerprint density at radius 1 is 1.09 bits per heavy atom. The van der Waals surface area contributed by atoms with Crippen LogP contribution < -0.4 is 0 Å². The van der Waals surface area contributed by atoms with Crippen LogP contribution in [0, 0.1) is 45.8 Å². The van der Waals surface area contributed by atoms with E-state index in [2.05, 4.69) is 19.9 Å². The first-order chi connectivity index (χ1) is 11.0. The molecule has 0 saturated heterocycles. The van der Waals surface area contributed by atoms with Gasteiger partial charge in [0.15, 0.2) is 0 Å². The van der Waals surface area contributed by atoms with E-state index in [9.17, 15) is 5.11 Å². The standard InChI is InChI=1S/C21H31NO/c1-20-11-8-19-17(18(20)6-4-14(20)9-12-22)5-3-15-13-16(23)7-10-21(15,19)2/h9,15-19,23H,3-8,10-11,13H2,1-2H3/t15-,16+,17-,18-,19-,20+,21-/m0/s1. The molecule has 4 saturated carbocycles. The van der Waals surface area contributed by atoms with Crippen LogP contribution in [0.25, 0.3) is 0 Å². The van der Waals surface area contributed by atoms with Gasteiger partial charge in [-0.1, -0.05) is 19.4 Å². The van der Waals surface area contributed by atoms with E-state index in [1.165, 1.54) is 44.1 Å². The summed E-state index contributed by atoms with van der Waals surface area (Å²) in [5.74, 6) is 3.25. The van der Waals surface area contributed by atoms with Crippen molar-refractivity contribution in [2.24, 2.45) is 34.5 Å². The predicted octanol–water partition coefficient (Wildman–Crippen LogP) is 4.84. The molecule has 4 aliphatic rings. The third-order valence-corrected chi connectivity index (χ3v) is 8.72. The topological polar surface area (TPSA) is 44.0 Å². The van der Waals surface area contributed by atoms with Gasteiger partial charge in [0.1, 0.15) is 0 Å². The molecule has 23 heavy (non-hydrogen) atoms. The van der Waals surface area contributed by atoms with Crippen LogP contribution in [-0.4, -0.2) is 11.2 Å². The highest BCUT2D eigenvalue weighted by molar-refractivity contribution is 5.28. The molecule has 7 atom stereocenters. The van der Waals surface area contributed by atoms with Crippen LogP contribution in [0.15, 0.2) is 11.6 Å². The molecule has 2 heteroatoms. The van der Waals surface area contributed by atoms with Crippen molar-refractivity contribution in [3.63, 3.8) is 0 Å². The first-order valence-electron chi connectivity index (χ1n) is 9.76. The van der Waals surface area contributed by atoms with Gasteiger partial charge in [-0.3, -0.25) is 0 Å². The van der Waals surface area contributed by atoms with E-state index in [4.69, 9.17) is 5.26 Å². The molecular formula is C21H31NO. The van der Waals surface area contributed by atoms with Crippen molar-refractivity contribution < 1.29 is 5.11 Å². The number of allylic oxidation sites excluding steroid dienone is 2. The summed E-state index contributed by atoms with van der Waals surface area (Å²) in [6, 6.07) is 2.31. The molecule has 0 amide bonds. The van der Waals surface area contributed by atoms with Gasteiger partial charge in [0.2, 0.25) is 0 Å². The number of rotatable bonds is 0. The van der Waals surface area contributed by atoms with Crippen molar-refractivity contribution in [1.82, 2.24) is 0 Å². The maximum Gasteiger partial charge on any atom is 0.0911 e. The maximum atomic E-state index is 10.1. The minimum Gasteiger partial charge on any atom is -0.393 e. The monoisotopic (exact) mass is 313 g/mol. The molecule has 1 N–H and O–H groups in total. The van der Waals surface area contributed by atoms with Crippen LogP contribution in [0.1, 0.15) is 71.6 Å². The fraction of sp³-hybridized carbons (Fsp3) is 0.857. The quantitative estimate of drug-likeness (QED) is 0.650. The molecule has 0 heterocycles. The normalized spacial score (nSPS) is 54.0. The van der Waals surface area contributed by atoms with Gasteiger partial charge in [0.25, 0.3) is 0 Å². The highest BCUT2D eigenvalue weighted by atomic mass is 16.3. The zero-order valence-electron chi connectivity index (χ0n) is 14.7. The van der Waals surface area contributed by atoms with Crippen molar-refractivity contribution in [3.05, 3.63) is 11.6 Å². The third-order valence-electron chi connectivity index (χ3n) is 8.72. The van der Waals surface area contributed by atoms with Crippen molar-refractivity contribution >= 4 is 0 Å². The molecule has 0 aliphatic heterocycles. The lowest BCUT2D eigenvalue weighted by atomic mass is 9.45. The molecular weight excluding hydrogens is 282 g/mol. The molecule has 126 valence electrons. The van der Waals surface area contributed by atoms with Gasteiger partial charge in [-0.25, -0.2) is 0 Å². The zero-order valence-corrected chi connectivity index (χ0v) is 14.7. The number of hydrogen-bond acceptors (Lipinski definition) is 2. The maximum absolute atomic E-state index is 10.1. The number of nitriles is 1. The summed E-state index contributed by atoms with van der Waals surface area (Å²) in [5.41, 5.74) is 2.20. The smallest absolute Gasteiger partial charge is 0.0911 e. The summed E-state index contributed by atoms with van der Waals surface area (Å²) in [6.45, 7) is 4.99. The Morgan fingerprint density at radius 2 is 1.91 bits per heavy atom. The molecule has 4 fully saturated rings. The molecule has 0 aromatic carbocycles. The van der Waals surface area contributed by atoms with Crippen LogP contribution >= 0.6 is 0 Å². The number of aliphatic hydroxyl groups excluding tert-OH is 1. The largest absolute Gasteiger partial charge is 0.393 e. The fourth-order valence-electron chi connectivity index (χ4n) is 7.40. The first kappa shape index (κ1) is 15.7. The Hall–Kier alpha value is -0.810. The summed E-state index contributed by atoms with van der Waals surface area (Å²) >= 11 is 0. The Morgan fingerprint density at radius 3 is 2.70 bits per heavy atom. The lowest BCUT2D eigenvalue weighted by Crippen LogP contribution is -2.53. The summed E-state index contributed by atoms with van der Waals surface area (Å²) in [6.07, 6.45) is 12.8. The second-order valence-corrected chi connectivity index (χ2v) is 9.38. The van der Waals surface area contributed by atoms with E-state index in [1.807, 2.05) is 6.08 Å². The molecule has 0 aromatic heterocycles. The zero-order chi connectivity index (χ0) is 16.2. The minimum absolute atomic E-state index is 0.0462. The van der Waals surface area contributed by atoms with Crippen LogP contribution in [0.3, 0.4) is 0 Å². The average molecular weight is 313 g/mol. The molecule has 0 spiro atoms. The Balaban J connectivity index is 1.63. The van der Waals surface area contributed by atoms with Gasteiger partial charge in [-0.2, -0.15) is 5.26 Å². The Bertz CT molecular complexity index is 561. The van der Waals surface area contributed by atoms with Crippen molar-refractivity contribution in [2.45, 2.75) is 77.7 Å². The Labute approximate surface area is 141 Å². The van der Waals surface area contributed by atoms with Crippen molar-refractivity contribution in [3.8, 4) is 6.07 Å². The highest BCUT2D eigenvalue weighted by Crippen LogP contribution is 2.67. The first-order valence-corrected chi connectivity index (χ1v) is 9.76. The highest BCUT2D eigenvalue weighted by Gasteiger charge is 2.58. The predicted molar refractivity (Wildman–Crippen MR) is 91.4 cm³/mol. The summed E-state index contributed by atoms with van der Waals surface area (Å²) in [7, 11) is 0. The molecule has 4 rings (SSSR count). The van der Waals surface area contributed by atoms with Gasteiger partial charge in [0, 0.05) is 6.08 Å². The van der Waals surface area contributed by atoms with E-state index in [-0.39, 0.29) is 6.10 Å². The molecule has 2 nitrogen and oxygen atoms in total. The van der Waals surface area contributed by atoms with Gasteiger partial charge in [0.05, 0.1) is 12.2 Å². The molecule has 4 aliphatic carbocycles. The van der Waals surface area contributed by atoms with Crippen LogP contribution in [0.2, 0.25) is 0 Å². The van der Waals surface area contributed by atoms with E-state index in [0.717, 1.165) is 42.9 Å². The lowest BCUT2D eigenvalue weighted by molar-refractivity contribution is -0.116. The van der Waals surface area contributed by atoms with Gasteiger partial charge in [-0.15, -0.1) is 0 Å². The molecule has 0 aromatic rings. The van der Waals surface area contributed by atoms with Crippen LogP contribution in [0.4, 0.5) is 0 Å². The summed E-state index contributed by atoms with van der Waals surface area (Å²) in [5, 5.41) is 19.2. The number of hydrogen-bond donors (Lipinski definition) is 1. The Kier molecular flexibility index (Phi) is 3.65. The van der Waals surface area contributed by atoms with E-state index >= 15 is 0 Å². The fourth-order valence-corrected chi connectivity index (χ4v) is 7.40. The van der Waals surface area contributed by atoms with Crippen LogP contribution in [0.5, 0.6) is 0 Å². The van der Waals surface area contributed by atoms with E-state index < -0.39 is 0 Å². The van der Waals surface area contributed by atoms with Crippen molar-refractivity contribution in [1.29, 1.82) is 5.26 Å². The number of fused-ring (bicyclic) bond motifs is 5. The SMILES string of the molecule is C[C@]12CC[C@@H](O)C[C@@H]1CC[C@@H]1[C@@H]2CC[C@]2(C)C(=CC#N)CC[C@@H]12. The average Bonchev–Trinajstić information content (AvgIpc) is 2.85. The second kappa shape index (κ2) is 5.35. The second-order valence-electron chi connectivity index (χ2n) is 9.38. The summed E-state index contributed by atoms with van der Waals surface area (Å²) < 4.78 is 0. The van der Waals surface area contributed by atoms with Gasteiger partial charge < -0.3 is 5.11 Å². The molecule has 0 unspecified atom stereocenters. The van der Waals surface area contributed by atoms with Gasteiger partial charge >= 0.3 is 0 Å². The third kappa shape index (κ3) is 2.15. The van der Waals surface area contributed by atoms with E-state index in [0.29, 0.717) is 10.8 Å². The minimum atomic E-state index is -0.0462. The van der Waals surface area contributed by atoms with E-state index in [1.54, 1.807) is 0 Å². The lowest BCUT2D eigenvalue weighted by Gasteiger charge is -2.60.